The van der Waals surface area contributed by atoms with Crippen molar-refractivity contribution in [1.82, 2.24) is 19.3 Å². The zero-order chi connectivity index (χ0) is 19.9. The molecule has 0 radical (unpaired) electrons. The minimum Gasteiger partial charge on any atom is -0.352 e. The van der Waals surface area contributed by atoms with Crippen LogP contribution in [0.2, 0.25) is 0 Å². The second kappa shape index (κ2) is 7.18. The summed E-state index contributed by atoms with van der Waals surface area (Å²) >= 11 is 0. The van der Waals surface area contributed by atoms with Crippen LogP contribution in [0.5, 0.6) is 0 Å². The average Bonchev–Trinajstić information content (AvgIpc) is 3.49. The first kappa shape index (κ1) is 18.9. The maximum Gasteiger partial charge on any atom is 0.293 e. The molecule has 7 heteroatoms. The largest absolute Gasteiger partial charge is 0.352 e. The number of piperidine rings is 1. The Kier molecular flexibility index (Phi) is 4.85. The summed E-state index contributed by atoms with van der Waals surface area (Å²) in [4.78, 5) is 31.4. The van der Waals surface area contributed by atoms with Gasteiger partial charge in [-0.25, -0.2) is 9.67 Å². The zero-order valence-corrected chi connectivity index (χ0v) is 17.0. The SMILES string of the molecule is CC(C)(C)c1ccc(=O)n(CC2CCN(c3nccn(C4CC4)c3=O)CC2)n1. The Hall–Kier alpha value is -2.44. The van der Waals surface area contributed by atoms with E-state index < -0.39 is 0 Å². The lowest BCUT2D eigenvalue weighted by Gasteiger charge is -2.32. The lowest BCUT2D eigenvalue weighted by molar-refractivity contribution is 0.329. The highest BCUT2D eigenvalue weighted by molar-refractivity contribution is 5.36. The van der Waals surface area contributed by atoms with Crippen LogP contribution in [-0.4, -0.2) is 32.4 Å². The summed E-state index contributed by atoms with van der Waals surface area (Å²) in [5.74, 6) is 0.948. The minimum atomic E-state index is -0.0841. The van der Waals surface area contributed by atoms with E-state index in [1.807, 2.05) is 10.6 Å². The Morgan fingerprint density at radius 3 is 2.43 bits per heavy atom. The summed E-state index contributed by atoms with van der Waals surface area (Å²) in [5, 5.41) is 4.59. The molecule has 1 saturated carbocycles. The predicted octanol–water partition coefficient (Wildman–Crippen LogP) is 2.35. The highest BCUT2D eigenvalue weighted by Gasteiger charge is 2.28. The molecule has 1 aliphatic carbocycles. The molecule has 2 fully saturated rings. The van der Waals surface area contributed by atoms with Gasteiger partial charge in [-0.3, -0.25) is 9.59 Å². The normalized spacial score (nSPS) is 18.5. The van der Waals surface area contributed by atoms with Crippen LogP contribution in [-0.2, 0) is 12.0 Å². The lowest BCUT2D eigenvalue weighted by atomic mass is 9.92. The molecule has 7 nitrogen and oxygen atoms in total. The van der Waals surface area contributed by atoms with Gasteiger partial charge in [-0.15, -0.1) is 0 Å². The summed E-state index contributed by atoms with van der Waals surface area (Å²) in [6.07, 6.45) is 7.56. The summed E-state index contributed by atoms with van der Waals surface area (Å²) in [5.41, 5.74) is 0.824. The van der Waals surface area contributed by atoms with Crippen LogP contribution in [0.15, 0.2) is 34.1 Å². The second-order valence-electron chi connectivity index (χ2n) is 9.11. The van der Waals surface area contributed by atoms with Crippen LogP contribution in [0.25, 0.3) is 0 Å². The van der Waals surface area contributed by atoms with Crippen LogP contribution in [0.3, 0.4) is 0 Å². The standard InChI is InChI=1S/C21H29N5O2/c1-21(2,3)17-6-7-18(27)26(23-17)14-15-8-11-24(12-9-15)19-20(28)25(13-10-22-19)16-4-5-16/h6-7,10,13,15-16H,4-5,8-9,11-12,14H2,1-3H3. The van der Waals surface area contributed by atoms with Gasteiger partial charge in [0.25, 0.3) is 11.1 Å². The van der Waals surface area contributed by atoms with Crippen LogP contribution in [0, 0.1) is 5.92 Å². The van der Waals surface area contributed by atoms with Crippen molar-refractivity contribution in [3.63, 3.8) is 0 Å². The predicted molar refractivity (Wildman–Crippen MR) is 109 cm³/mol. The van der Waals surface area contributed by atoms with Gasteiger partial charge in [0.05, 0.1) is 5.69 Å². The molecule has 2 aromatic heterocycles. The third-order valence-corrected chi connectivity index (χ3v) is 5.77. The molecule has 3 heterocycles. The van der Waals surface area contributed by atoms with Gasteiger partial charge in [-0.2, -0.15) is 5.10 Å². The van der Waals surface area contributed by atoms with Crippen LogP contribution in [0.1, 0.15) is 58.2 Å². The Morgan fingerprint density at radius 2 is 1.79 bits per heavy atom. The van der Waals surface area contributed by atoms with E-state index in [0.717, 1.165) is 44.5 Å². The van der Waals surface area contributed by atoms with Gasteiger partial charge in [0, 0.05) is 49.6 Å². The molecular weight excluding hydrogens is 354 g/mol. The van der Waals surface area contributed by atoms with Gasteiger partial charge in [0.15, 0.2) is 5.82 Å². The van der Waals surface area contributed by atoms with Gasteiger partial charge < -0.3 is 9.47 Å². The van der Waals surface area contributed by atoms with Crippen molar-refractivity contribution in [3.05, 3.63) is 50.9 Å². The Balaban J connectivity index is 1.44. The first-order valence-corrected chi connectivity index (χ1v) is 10.2. The summed E-state index contributed by atoms with van der Waals surface area (Å²) < 4.78 is 3.44. The van der Waals surface area contributed by atoms with E-state index in [1.165, 1.54) is 0 Å². The Morgan fingerprint density at radius 1 is 1.07 bits per heavy atom. The first-order chi connectivity index (χ1) is 13.3. The van der Waals surface area contributed by atoms with E-state index in [1.54, 1.807) is 23.1 Å². The number of rotatable bonds is 4. The molecule has 1 saturated heterocycles. The van der Waals surface area contributed by atoms with Crippen molar-refractivity contribution in [2.24, 2.45) is 5.92 Å². The van der Waals surface area contributed by atoms with E-state index in [2.05, 4.69) is 35.8 Å². The van der Waals surface area contributed by atoms with Crippen molar-refractivity contribution in [3.8, 4) is 0 Å². The third-order valence-electron chi connectivity index (χ3n) is 5.77. The summed E-state index contributed by atoms with van der Waals surface area (Å²) in [6, 6.07) is 3.81. The molecule has 0 spiro atoms. The first-order valence-electron chi connectivity index (χ1n) is 10.2. The smallest absolute Gasteiger partial charge is 0.293 e. The highest BCUT2D eigenvalue weighted by atomic mass is 16.1. The van der Waals surface area contributed by atoms with Gasteiger partial charge in [-0.05, 0) is 37.7 Å². The maximum atomic E-state index is 12.7. The van der Waals surface area contributed by atoms with Crippen LogP contribution in [0.4, 0.5) is 5.82 Å². The van der Waals surface area contributed by atoms with E-state index in [4.69, 9.17) is 0 Å². The fraction of sp³-hybridized carbons (Fsp3) is 0.619. The Labute approximate surface area is 165 Å². The topological polar surface area (TPSA) is 73.0 Å². The minimum absolute atomic E-state index is 0.0271. The number of anilines is 1. The zero-order valence-electron chi connectivity index (χ0n) is 17.0. The van der Waals surface area contributed by atoms with Crippen molar-refractivity contribution in [2.75, 3.05) is 18.0 Å². The average molecular weight is 383 g/mol. The van der Waals surface area contributed by atoms with Crippen molar-refractivity contribution >= 4 is 5.82 Å². The molecule has 0 aromatic carbocycles. The molecule has 0 N–H and O–H groups in total. The molecule has 150 valence electrons. The molecule has 4 rings (SSSR count). The number of hydrogen-bond donors (Lipinski definition) is 0. The van der Waals surface area contributed by atoms with Crippen LogP contribution >= 0.6 is 0 Å². The van der Waals surface area contributed by atoms with E-state index in [-0.39, 0.29) is 16.5 Å². The maximum absolute atomic E-state index is 12.7. The van der Waals surface area contributed by atoms with Crippen molar-refractivity contribution < 1.29 is 0 Å². The summed E-state index contributed by atoms with van der Waals surface area (Å²) in [6.45, 7) is 8.51. The molecular formula is C21H29N5O2. The molecule has 0 bridgehead atoms. The van der Waals surface area contributed by atoms with E-state index in [9.17, 15) is 9.59 Å². The number of hydrogen-bond acceptors (Lipinski definition) is 5. The molecule has 28 heavy (non-hydrogen) atoms. The Bertz CT molecular complexity index is 960. The fourth-order valence-electron chi connectivity index (χ4n) is 3.82. The second-order valence-corrected chi connectivity index (χ2v) is 9.11. The van der Waals surface area contributed by atoms with E-state index in [0.29, 0.717) is 24.3 Å². The molecule has 0 amide bonds. The van der Waals surface area contributed by atoms with Gasteiger partial charge >= 0.3 is 0 Å². The molecule has 2 aliphatic rings. The van der Waals surface area contributed by atoms with Crippen LogP contribution < -0.4 is 16.0 Å². The quantitative estimate of drug-likeness (QED) is 0.810. The molecule has 0 atom stereocenters. The van der Waals surface area contributed by atoms with Crippen molar-refractivity contribution in [2.45, 2.75) is 64.5 Å². The lowest BCUT2D eigenvalue weighted by Crippen LogP contribution is -2.40. The molecule has 2 aromatic rings. The van der Waals surface area contributed by atoms with Crippen molar-refractivity contribution in [1.29, 1.82) is 0 Å². The van der Waals surface area contributed by atoms with Gasteiger partial charge in [0.2, 0.25) is 0 Å². The number of nitrogens with zero attached hydrogens (tertiary/aromatic N) is 5. The summed E-state index contributed by atoms with van der Waals surface area (Å²) in [7, 11) is 0. The fourth-order valence-corrected chi connectivity index (χ4v) is 3.82. The van der Waals surface area contributed by atoms with E-state index >= 15 is 0 Å². The number of aromatic nitrogens is 4. The molecule has 0 unspecified atom stereocenters. The molecule has 1 aliphatic heterocycles. The highest BCUT2D eigenvalue weighted by Crippen LogP contribution is 2.33. The van der Waals surface area contributed by atoms with Gasteiger partial charge in [0.1, 0.15) is 0 Å². The monoisotopic (exact) mass is 383 g/mol. The third kappa shape index (κ3) is 3.88. The van der Waals surface area contributed by atoms with Gasteiger partial charge in [-0.1, -0.05) is 20.8 Å².